The van der Waals surface area contributed by atoms with Gasteiger partial charge in [-0.3, -0.25) is 0 Å². The number of hydrogen-bond acceptors (Lipinski definition) is 5. The van der Waals surface area contributed by atoms with Crippen LogP contribution in [0, 0.1) is 0 Å². The normalized spacial score (nSPS) is 12.4. The lowest BCUT2D eigenvalue weighted by molar-refractivity contribution is 0.236. The van der Waals surface area contributed by atoms with Crippen LogP contribution in [0.5, 0.6) is 0 Å². The van der Waals surface area contributed by atoms with Gasteiger partial charge in [0.1, 0.15) is 5.58 Å². The third-order valence-corrected chi connectivity index (χ3v) is 5.17. The highest BCUT2D eigenvalue weighted by molar-refractivity contribution is 7.89. The van der Waals surface area contributed by atoms with Gasteiger partial charge in [-0.25, -0.2) is 13.2 Å². The number of fused-ring (bicyclic) bond motifs is 1. The minimum Gasteiger partial charge on any atom is -0.423 e. The molecule has 0 amide bonds. The summed E-state index contributed by atoms with van der Waals surface area (Å²) in [5, 5.41) is 9.57. The van der Waals surface area contributed by atoms with Crippen LogP contribution in [0.2, 0.25) is 0 Å². The first-order valence-corrected chi connectivity index (χ1v) is 7.97. The smallest absolute Gasteiger partial charge is 0.336 e. The van der Waals surface area contributed by atoms with E-state index in [-0.39, 0.29) is 24.1 Å². The molecule has 1 aromatic carbocycles. The molecular weight excluding hydrogens is 294 g/mol. The standard InChI is InChI=1S/C14H17NO5S/c1-10(2)15(7-8-16)21(18,19)12-4-5-13-11(9-12)3-6-14(17)20-13/h3-6,9-10,16H,7-8H2,1-2H3. The summed E-state index contributed by atoms with van der Waals surface area (Å²) in [5.41, 5.74) is -0.151. The van der Waals surface area contributed by atoms with E-state index in [1.165, 1.54) is 34.6 Å². The Morgan fingerprint density at radius 2 is 1.95 bits per heavy atom. The van der Waals surface area contributed by atoms with E-state index in [2.05, 4.69) is 0 Å². The summed E-state index contributed by atoms with van der Waals surface area (Å²) >= 11 is 0. The largest absolute Gasteiger partial charge is 0.423 e. The zero-order valence-electron chi connectivity index (χ0n) is 11.8. The van der Waals surface area contributed by atoms with Gasteiger partial charge in [-0.15, -0.1) is 0 Å². The van der Waals surface area contributed by atoms with Crippen molar-refractivity contribution in [2.75, 3.05) is 13.2 Å². The summed E-state index contributed by atoms with van der Waals surface area (Å²) in [6.07, 6.45) is 0. The molecule has 0 aliphatic rings. The van der Waals surface area contributed by atoms with Gasteiger partial charge in [-0.2, -0.15) is 4.31 Å². The summed E-state index contributed by atoms with van der Waals surface area (Å²) in [4.78, 5) is 11.2. The van der Waals surface area contributed by atoms with E-state index in [1.807, 2.05) is 0 Å². The quantitative estimate of drug-likeness (QED) is 0.838. The second-order valence-electron chi connectivity index (χ2n) is 4.89. The van der Waals surface area contributed by atoms with E-state index < -0.39 is 15.6 Å². The van der Waals surface area contributed by atoms with E-state index in [0.717, 1.165) is 0 Å². The number of sulfonamides is 1. The molecule has 2 aromatic rings. The molecule has 7 heteroatoms. The second kappa shape index (κ2) is 5.97. The molecule has 114 valence electrons. The van der Waals surface area contributed by atoms with E-state index in [1.54, 1.807) is 13.8 Å². The Hall–Kier alpha value is -1.70. The monoisotopic (exact) mass is 311 g/mol. The fourth-order valence-corrected chi connectivity index (χ4v) is 3.76. The number of aliphatic hydroxyl groups is 1. The molecule has 0 bridgehead atoms. The highest BCUT2D eigenvalue weighted by atomic mass is 32.2. The fourth-order valence-electron chi connectivity index (χ4n) is 2.10. The number of benzene rings is 1. The number of aliphatic hydroxyl groups excluding tert-OH is 1. The van der Waals surface area contributed by atoms with Gasteiger partial charge in [0, 0.05) is 24.0 Å². The van der Waals surface area contributed by atoms with Crippen molar-refractivity contribution in [1.82, 2.24) is 4.31 Å². The summed E-state index contributed by atoms with van der Waals surface area (Å²) in [7, 11) is -3.71. The van der Waals surface area contributed by atoms with Gasteiger partial charge in [0.25, 0.3) is 0 Å². The Labute approximate surface area is 122 Å². The molecule has 1 N–H and O–H groups in total. The van der Waals surface area contributed by atoms with Gasteiger partial charge in [0.05, 0.1) is 11.5 Å². The van der Waals surface area contributed by atoms with Crippen LogP contribution >= 0.6 is 0 Å². The molecule has 21 heavy (non-hydrogen) atoms. The SMILES string of the molecule is CC(C)N(CCO)S(=O)(=O)c1ccc2oc(=O)ccc2c1. The van der Waals surface area contributed by atoms with Crippen molar-refractivity contribution in [3.8, 4) is 0 Å². The summed E-state index contributed by atoms with van der Waals surface area (Å²) in [5.74, 6) is 0. The molecule has 0 atom stereocenters. The van der Waals surface area contributed by atoms with Crippen molar-refractivity contribution in [1.29, 1.82) is 0 Å². The average Bonchev–Trinajstić information content (AvgIpc) is 2.43. The molecule has 0 spiro atoms. The maximum absolute atomic E-state index is 12.6. The van der Waals surface area contributed by atoms with Crippen molar-refractivity contribution in [2.24, 2.45) is 0 Å². The molecule has 6 nitrogen and oxygen atoms in total. The molecule has 0 aliphatic carbocycles. The molecule has 0 aliphatic heterocycles. The maximum Gasteiger partial charge on any atom is 0.336 e. The minimum atomic E-state index is -3.71. The Bertz CT molecular complexity index is 794. The fraction of sp³-hybridized carbons (Fsp3) is 0.357. The summed E-state index contributed by atoms with van der Waals surface area (Å²) < 4.78 is 31.4. The summed E-state index contributed by atoms with van der Waals surface area (Å²) in [6.45, 7) is 3.27. The number of nitrogens with zero attached hydrogens (tertiary/aromatic N) is 1. The molecule has 0 saturated heterocycles. The lowest BCUT2D eigenvalue weighted by Crippen LogP contribution is -2.38. The Morgan fingerprint density at radius 1 is 1.24 bits per heavy atom. The average molecular weight is 311 g/mol. The van der Waals surface area contributed by atoms with Gasteiger partial charge in [0.15, 0.2) is 0 Å². The van der Waals surface area contributed by atoms with E-state index in [4.69, 9.17) is 9.52 Å². The maximum atomic E-state index is 12.6. The predicted octanol–water partition coefficient (Wildman–Crippen LogP) is 1.18. The second-order valence-corrected chi connectivity index (χ2v) is 6.78. The minimum absolute atomic E-state index is 0.0297. The molecule has 0 radical (unpaired) electrons. The van der Waals surface area contributed by atoms with Gasteiger partial charge in [0.2, 0.25) is 10.0 Å². The molecule has 0 saturated carbocycles. The number of hydrogen-bond donors (Lipinski definition) is 1. The van der Waals surface area contributed by atoms with Crippen LogP contribution < -0.4 is 5.63 Å². The molecule has 0 unspecified atom stereocenters. The third-order valence-electron chi connectivity index (χ3n) is 3.09. The van der Waals surface area contributed by atoms with Crippen molar-refractivity contribution < 1.29 is 17.9 Å². The highest BCUT2D eigenvalue weighted by Crippen LogP contribution is 2.22. The predicted molar refractivity (Wildman–Crippen MR) is 78.6 cm³/mol. The van der Waals surface area contributed by atoms with Crippen LogP contribution in [0.15, 0.2) is 44.4 Å². The van der Waals surface area contributed by atoms with Gasteiger partial charge in [-0.1, -0.05) is 0 Å². The zero-order valence-corrected chi connectivity index (χ0v) is 12.6. The molecular formula is C14H17NO5S. The lowest BCUT2D eigenvalue weighted by atomic mass is 10.2. The third kappa shape index (κ3) is 3.15. The first-order valence-electron chi connectivity index (χ1n) is 6.53. The first kappa shape index (κ1) is 15.7. The van der Waals surface area contributed by atoms with Crippen LogP contribution in [0.4, 0.5) is 0 Å². The van der Waals surface area contributed by atoms with Crippen LogP contribution in [-0.2, 0) is 10.0 Å². The Morgan fingerprint density at radius 3 is 2.57 bits per heavy atom. The van der Waals surface area contributed by atoms with Gasteiger partial charge < -0.3 is 9.52 Å². The van der Waals surface area contributed by atoms with E-state index in [0.29, 0.717) is 11.0 Å². The van der Waals surface area contributed by atoms with Crippen LogP contribution in [-0.4, -0.2) is 37.0 Å². The van der Waals surface area contributed by atoms with Crippen molar-refractivity contribution >= 4 is 21.0 Å². The Kier molecular flexibility index (Phi) is 4.46. The summed E-state index contributed by atoms with van der Waals surface area (Å²) in [6, 6.07) is 6.81. The molecule has 2 rings (SSSR count). The van der Waals surface area contributed by atoms with Crippen LogP contribution in [0.25, 0.3) is 11.0 Å². The van der Waals surface area contributed by atoms with Crippen molar-refractivity contribution in [3.05, 3.63) is 40.8 Å². The van der Waals surface area contributed by atoms with Crippen LogP contribution in [0.1, 0.15) is 13.8 Å². The van der Waals surface area contributed by atoms with Gasteiger partial charge in [-0.05, 0) is 38.1 Å². The van der Waals surface area contributed by atoms with E-state index >= 15 is 0 Å². The molecule has 0 fully saturated rings. The number of rotatable bonds is 5. The highest BCUT2D eigenvalue weighted by Gasteiger charge is 2.26. The van der Waals surface area contributed by atoms with Crippen molar-refractivity contribution in [3.63, 3.8) is 0 Å². The first-order chi connectivity index (χ1) is 9.86. The van der Waals surface area contributed by atoms with Crippen LogP contribution in [0.3, 0.4) is 0 Å². The lowest BCUT2D eigenvalue weighted by Gasteiger charge is -2.25. The Balaban J connectivity index is 2.53. The van der Waals surface area contributed by atoms with E-state index in [9.17, 15) is 13.2 Å². The van der Waals surface area contributed by atoms with Gasteiger partial charge >= 0.3 is 5.63 Å². The van der Waals surface area contributed by atoms with Crippen molar-refractivity contribution in [2.45, 2.75) is 24.8 Å². The topological polar surface area (TPSA) is 87.8 Å². The zero-order chi connectivity index (χ0) is 15.6. The molecule has 1 aromatic heterocycles. The molecule has 1 heterocycles.